The van der Waals surface area contributed by atoms with Gasteiger partial charge in [-0.3, -0.25) is 14.6 Å². The van der Waals surface area contributed by atoms with E-state index < -0.39 is 5.91 Å². The van der Waals surface area contributed by atoms with Crippen LogP contribution in [0.1, 0.15) is 35.8 Å². The molecule has 2 aromatic heterocycles. The van der Waals surface area contributed by atoms with Crippen LogP contribution in [0.2, 0.25) is 5.02 Å². The molecule has 0 aliphatic carbocycles. The number of anilines is 2. The van der Waals surface area contributed by atoms with E-state index in [0.29, 0.717) is 28.0 Å². The van der Waals surface area contributed by atoms with E-state index in [-0.39, 0.29) is 13.2 Å². The highest BCUT2D eigenvalue weighted by molar-refractivity contribution is 6.33. The lowest BCUT2D eigenvalue weighted by Gasteiger charge is -2.13. The van der Waals surface area contributed by atoms with Crippen molar-refractivity contribution in [3.05, 3.63) is 52.9 Å². The third-order valence-corrected chi connectivity index (χ3v) is 4.81. The van der Waals surface area contributed by atoms with E-state index in [1.165, 1.54) is 0 Å². The lowest BCUT2D eigenvalue weighted by atomic mass is 10.0. The van der Waals surface area contributed by atoms with E-state index in [9.17, 15) is 4.79 Å². The number of aliphatic hydroxyl groups is 1. The van der Waals surface area contributed by atoms with Crippen molar-refractivity contribution < 1.29 is 14.7 Å². The zero-order chi connectivity index (χ0) is 20.3. The van der Waals surface area contributed by atoms with Crippen LogP contribution in [0.15, 0.2) is 36.7 Å². The van der Waals surface area contributed by atoms with E-state index in [1.54, 1.807) is 24.0 Å². The van der Waals surface area contributed by atoms with Crippen molar-refractivity contribution in [2.45, 2.75) is 19.8 Å². The first kappa shape index (κ1) is 20.1. The molecule has 1 aromatic carbocycles. The average Bonchev–Trinajstić information content (AvgIpc) is 2.95. The lowest BCUT2D eigenvalue weighted by molar-refractivity contribution is 0.0163. The summed E-state index contributed by atoms with van der Waals surface area (Å²) in [6, 6.07) is 7.65. The summed E-state index contributed by atoms with van der Waals surface area (Å²) in [5.41, 5.74) is 5.95. The van der Waals surface area contributed by atoms with Crippen molar-refractivity contribution in [3.8, 4) is 0 Å². The van der Waals surface area contributed by atoms with Gasteiger partial charge in [0.2, 0.25) is 0 Å². The number of benzene rings is 1. The molecule has 3 aromatic rings. The Morgan fingerprint density at radius 1 is 1.36 bits per heavy atom. The second kappa shape index (κ2) is 8.60. The highest BCUT2D eigenvalue weighted by Crippen LogP contribution is 2.35. The van der Waals surface area contributed by atoms with Gasteiger partial charge in [0, 0.05) is 24.8 Å². The molecule has 8 heteroatoms. The van der Waals surface area contributed by atoms with Crippen LogP contribution in [0.5, 0.6) is 0 Å². The highest BCUT2D eigenvalue weighted by Gasteiger charge is 2.22. The topological polar surface area (TPSA) is 88.4 Å². The normalized spacial score (nSPS) is 11.2. The molecule has 0 fully saturated rings. The Hall–Kier alpha value is -2.61. The van der Waals surface area contributed by atoms with Crippen LogP contribution in [0.3, 0.4) is 0 Å². The van der Waals surface area contributed by atoms with Gasteiger partial charge in [0.15, 0.2) is 0 Å². The number of aromatic nitrogens is 2. The Morgan fingerprint density at radius 3 is 2.82 bits per heavy atom. The van der Waals surface area contributed by atoms with Gasteiger partial charge in [-0.05, 0) is 29.7 Å². The van der Waals surface area contributed by atoms with Gasteiger partial charge in [-0.1, -0.05) is 31.5 Å². The number of hydroxylamine groups is 1. The number of aliphatic hydroxyl groups excluding tert-OH is 1. The summed E-state index contributed by atoms with van der Waals surface area (Å²) in [5.74, 6) is -0.0807. The summed E-state index contributed by atoms with van der Waals surface area (Å²) in [6.07, 6.45) is 3.36. The molecule has 148 valence electrons. The Morgan fingerprint density at radius 2 is 2.14 bits per heavy atom. The van der Waals surface area contributed by atoms with Crippen LogP contribution in [-0.2, 0) is 11.9 Å². The predicted molar refractivity (Wildman–Crippen MR) is 110 cm³/mol. The zero-order valence-electron chi connectivity index (χ0n) is 16.0. The number of aryl methyl sites for hydroxylation is 1. The van der Waals surface area contributed by atoms with E-state index >= 15 is 0 Å². The van der Waals surface area contributed by atoms with Gasteiger partial charge in [-0.25, -0.2) is 5.48 Å². The SMILES string of the molecule is CC(C)c1ccc(Nc2c(C(=O)NOCCO)n(C)c3ccncc23)c(Cl)c1. The van der Waals surface area contributed by atoms with Crippen molar-refractivity contribution in [2.75, 3.05) is 18.5 Å². The monoisotopic (exact) mass is 402 g/mol. The Labute approximate surface area is 168 Å². The second-order valence-corrected chi connectivity index (χ2v) is 7.10. The third kappa shape index (κ3) is 3.96. The minimum atomic E-state index is -0.440. The van der Waals surface area contributed by atoms with Crippen molar-refractivity contribution in [1.82, 2.24) is 15.0 Å². The molecule has 7 nitrogen and oxygen atoms in total. The minimum absolute atomic E-state index is 0.00247. The summed E-state index contributed by atoms with van der Waals surface area (Å²) < 4.78 is 1.76. The fraction of sp³-hybridized carbons (Fsp3) is 0.300. The van der Waals surface area contributed by atoms with Gasteiger partial charge in [0.05, 0.1) is 35.1 Å². The Kier molecular flexibility index (Phi) is 6.18. The molecule has 0 atom stereocenters. The number of rotatable bonds is 7. The number of carbonyl (C=O) groups is 1. The van der Waals surface area contributed by atoms with Crippen LogP contribution in [-0.4, -0.2) is 33.8 Å². The highest BCUT2D eigenvalue weighted by atomic mass is 35.5. The number of halogens is 1. The van der Waals surface area contributed by atoms with Gasteiger partial charge in [-0.2, -0.15) is 0 Å². The first-order chi connectivity index (χ1) is 13.4. The fourth-order valence-corrected chi connectivity index (χ4v) is 3.25. The van der Waals surface area contributed by atoms with Crippen molar-refractivity contribution in [3.63, 3.8) is 0 Å². The molecule has 0 aliphatic rings. The van der Waals surface area contributed by atoms with Gasteiger partial charge >= 0.3 is 0 Å². The van der Waals surface area contributed by atoms with Crippen molar-refractivity contribution >= 4 is 39.8 Å². The molecule has 28 heavy (non-hydrogen) atoms. The van der Waals surface area contributed by atoms with Crippen LogP contribution >= 0.6 is 11.6 Å². The molecule has 0 saturated carbocycles. The molecule has 0 saturated heterocycles. The Bertz CT molecular complexity index is 1000. The van der Waals surface area contributed by atoms with Gasteiger partial charge in [0.1, 0.15) is 5.69 Å². The third-order valence-electron chi connectivity index (χ3n) is 4.49. The van der Waals surface area contributed by atoms with E-state index in [2.05, 4.69) is 29.6 Å². The lowest BCUT2D eigenvalue weighted by Crippen LogP contribution is -2.27. The molecular weight excluding hydrogens is 380 g/mol. The Balaban J connectivity index is 2.04. The maximum Gasteiger partial charge on any atom is 0.293 e. The molecule has 0 aliphatic heterocycles. The van der Waals surface area contributed by atoms with Crippen molar-refractivity contribution in [2.24, 2.45) is 7.05 Å². The van der Waals surface area contributed by atoms with Gasteiger partial charge in [-0.15, -0.1) is 0 Å². The number of amides is 1. The second-order valence-electron chi connectivity index (χ2n) is 6.70. The van der Waals surface area contributed by atoms with Crippen LogP contribution < -0.4 is 10.8 Å². The molecule has 3 rings (SSSR count). The molecule has 0 spiro atoms. The number of nitrogens with zero attached hydrogens (tertiary/aromatic N) is 2. The van der Waals surface area contributed by atoms with Crippen LogP contribution in [0, 0.1) is 0 Å². The minimum Gasteiger partial charge on any atom is -0.394 e. The maximum atomic E-state index is 12.7. The van der Waals surface area contributed by atoms with E-state index in [4.69, 9.17) is 21.5 Å². The maximum absolute atomic E-state index is 12.7. The van der Waals surface area contributed by atoms with Crippen molar-refractivity contribution in [1.29, 1.82) is 0 Å². The van der Waals surface area contributed by atoms with E-state index in [0.717, 1.165) is 16.5 Å². The standard InChI is InChI=1S/C20H23ClN4O3/c1-12(2)13-4-5-16(15(21)10-13)23-18-14-11-22-7-6-17(14)25(3)19(18)20(27)24-28-9-8-26/h4-7,10-12,23,26H,8-9H2,1-3H3,(H,24,27). The van der Waals surface area contributed by atoms with Crippen LogP contribution in [0.25, 0.3) is 10.9 Å². The predicted octanol–water partition coefficient (Wildman–Crippen LogP) is 3.75. The van der Waals surface area contributed by atoms with Crippen LogP contribution in [0.4, 0.5) is 11.4 Å². The number of carbonyl (C=O) groups excluding carboxylic acids is 1. The molecule has 0 bridgehead atoms. The molecule has 3 N–H and O–H groups in total. The molecular formula is C20H23ClN4O3. The zero-order valence-corrected chi connectivity index (χ0v) is 16.7. The number of fused-ring (bicyclic) bond motifs is 1. The summed E-state index contributed by atoms with van der Waals surface area (Å²) in [5, 5.41) is 13.5. The number of hydrogen-bond donors (Lipinski definition) is 3. The van der Waals surface area contributed by atoms with Gasteiger partial charge in [0.25, 0.3) is 5.91 Å². The largest absolute Gasteiger partial charge is 0.394 e. The molecule has 0 unspecified atom stereocenters. The summed E-state index contributed by atoms with van der Waals surface area (Å²) in [4.78, 5) is 21.9. The quantitative estimate of drug-likeness (QED) is 0.414. The molecule has 0 radical (unpaired) electrons. The summed E-state index contributed by atoms with van der Waals surface area (Å²) in [6.45, 7) is 4.01. The van der Waals surface area contributed by atoms with E-state index in [1.807, 2.05) is 24.3 Å². The molecule has 1 amide bonds. The first-order valence-electron chi connectivity index (χ1n) is 8.96. The number of pyridine rings is 1. The fourth-order valence-electron chi connectivity index (χ4n) is 3.02. The first-order valence-corrected chi connectivity index (χ1v) is 9.33. The average molecular weight is 403 g/mol. The van der Waals surface area contributed by atoms with Gasteiger partial charge < -0.3 is 15.0 Å². The smallest absolute Gasteiger partial charge is 0.293 e. The molecule has 2 heterocycles. The number of nitrogens with one attached hydrogen (secondary N) is 2. The summed E-state index contributed by atoms with van der Waals surface area (Å²) >= 11 is 6.48. The summed E-state index contributed by atoms with van der Waals surface area (Å²) in [7, 11) is 1.79. The number of hydrogen-bond acceptors (Lipinski definition) is 5.